The molecule has 0 heterocycles. The van der Waals surface area contributed by atoms with Crippen molar-refractivity contribution >= 4 is 5.97 Å². The van der Waals surface area contributed by atoms with E-state index in [1.54, 1.807) is 0 Å². The molecule has 1 N–H and O–H groups in total. The van der Waals surface area contributed by atoms with Crippen LogP contribution in [0.4, 0.5) is 0 Å². The molecule has 0 spiro atoms. The minimum atomic E-state index is 0.0547. The van der Waals surface area contributed by atoms with E-state index in [2.05, 4.69) is 13.0 Å². The highest BCUT2D eigenvalue weighted by Crippen LogP contribution is 2.61. The van der Waals surface area contributed by atoms with Gasteiger partial charge in [-0.05, 0) is 91.9 Å². The Bertz CT molecular complexity index is 780. The Morgan fingerprint density at radius 2 is 1.93 bits per heavy atom. The van der Waals surface area contributed by atoms with E-state index in [0.29, 0.717) is 29.9 Å². The lowest BCUT2D eigenvalue weighted by molar-refractivity contribution is -0.158. The number of benzene rings is 1. The maximum absolute atomic E-state index is 12.7. The minimum Gasteiger partial charge on any atom is -0.508 e. The van der Waals surface area contributed by atoms with Gasteiger partial charge in [0.25, 0.3) is 0 Å². The van der Waals surface area contributed by atoms with E-state index in [9.17, 15) is 9.90 Å². The summed E-state index contributed by atoms with van der Waals surface area (Å²) >= 11 is 0. The van der Waals surface area contributed by atoms with Crippen LogP contribution in [0.15, 0.2) is 18.2 Å². The zero-order chi connectivity index (χ0) is 20.7. The number of hydrogen-bond donors (Lipinski definition) is 1. The molecule has 0 radical (unpaired) electrons. The Balaban J connectivity index is 1.23. The van der Waals surface area contributed by atoms with E-state index in [1.165, 1.54) is 62.5 Å². The standard InChI is InChI=1S/C27H38O3/c1-27-16-15-22-21-11-9-20(28)17-19(21)8-10-23(22)24(27)12-13-25(27)30-26(29)14-7-18-5-3-2-4-6-18/h9,11,17-18,22-25,28H,2-8,10,12-16H2,1H3. The molecule has 3 saturated carbocycles. The van der Waals surface area contributed by atoms with E-state index in [1.807, 2.05) is 12.1 Å². The normalized spacial score (nSPS) is 35.9. The van der Waals surface area contributed by atoms with Crippen LogP contribution in [0.1, 0.15) is 101 Å². The first-order valence-electron chi connectivity index (χ1n) is 12.6. The van der Waals surface area contributed by atoms with Gasteiger partial charge in [0, 0.05) is 11.8 Å². The van der Waals surface area contributed by atoms with Gasteiger partial charge in [-0.25, -0.2) is 0 Å². The van der Waals surface area contributed by atoms with Gasteiger partial charge in [0.05, 0.1) is 0 Å². The molecule has 3 nitrogen and oxygen atoms in total. The second-order valence-corrected chi connectivity index (χ2v) is 10.9. The van der Waals surface area contributed by atoms with Crippen LogP contribution in [0.2, 0.25) is 0 Å². The molecule has 0 amide bonds. The smallest absolute Gasteiger partial charge is 0.306 e. The summed E-state index contributed by atoms with van der Waals surface area (Å²) in [6.07, 6.45) is 15.3. The first-order chi connectivity index (χ1) is 14.5. The van der Waals surface area contributed by atoms with Crippen molar-refractivity contribution in [2.45, 2.75) is 102 Å². The van der Waals surface area contributed by atoms with Gasteiger partial charge in [0.1, 0.15) is 11.9 Å². The number of hydrogen-bond acceptors (Lipinski definition) is 3. The summed E-state index contributed by atoms with van der Waals surface area (Å²) in [4.78, 5) is 12.7. The molecule has 5 unspecified atom stereocenters. The van der Waals surface area contributed by atoms with Crippen LogP contribution in [0, 0.1) is 23.2 Å². The molecule has 0 aliphatic heterocycles. The lowest BCUT2D eigenvalue weighted by Crippen LogP contribution is -2.45. The fraction of sp³-hybridized carbons (Fsp3) is 0.741. The molecule has 4 aliphatic rings. The highest BCUT2D eigenvalue weighted by atomic mass is 16.5. The average molecular weight is 411 g/mol. The van der Waals surface area contributed by atoms with E-state index in [0.717, 1.165) is 31.6 Å². The van der Waals surface area contributed by atoms with Crippen LogP contribution >= 0.6 is 0 Å². The summed E-state index contributed by atoms with van der Waals surface area (Å²) in [6.45, 7) is 2.41. The number of aromatic hydroxyl groups is 1. The van der Waals surface area contributed by atoms with Crippen LogP contribution in [0.5, 0.6) is 5.75 Å². The Hall–Kier alpha value is -1.51. The van der Waals surface area contributed by atoms with Gasteiger partial charge in [-0.2, -0.15) is 0 Å². The van der Waals surface area contributed by atoms with Crippen molar-refractivity contribution < 1.29 is 14.6 Å². The lowest BCUT2D eigenvalue weighted by Gasteiger charge is -2.50. The van der Waals surface area contributed by atoms with Crippen molar-refractivity contribution in [1.82, 2.24) is 0 Å². The van der Waals surface area contributed by atoms with Crippen molar-refractivity contribution in [2.24, 2.45) is 23.2 Å². The third-order valence-electron chi connectivity index (χ3n) is 9.38. The second-order valence-electron chi connectivity index (χ2n) is 10.9. The molecule has 1 aromatic carbocycles. The van der Waals surface area contributed by atoms with Crippen molar-refractivity contribution in [2.75, 3.05) is 0 Å². The van der Waals surface area contributed by atoms with Crippen LogP contribution in [0.25, 0.3) is 0 Å². The van der Waals surface area contributed by atoms with Crippen LogP contribution in [0.3, 0.4) is 0 Å². The summed E-state index contributed by atoms with van der Waals surface area (Å²) in [5.41, 5.74) is 2.97. The van der Waals surface area contributed by atoms with Gasteiger partial charge in [-0.15, -0.1) is 0 Å². The molecule has 3 heteroatoms. The van der Waals surface area contributed by atoms with Crippen molar-refractivity contribution in [1.29, 1.82) is 0 Å². The number of aryl methyl sites for hydroxylation is 1. The Morgan fingerprint density at radius 1 is 1.10 bits per heavy atom. The molecule has 0 bridgehead atoms. The monoisotopic (exact) mass is 410 g/mol. The number of fused-ring (bicyclic) bond motifs is 5. The van der Waals surface area contributed by atoms with Gasteiger partial charge in [0.2, 0.25) is 0 Å². The Kier molecular flexibility index (Phi) is 5.58. The molecule has 4 aliphatic carbocycles. The molecule has 1 aromatic rings. The number of carbonyl (C=O) groups excluding carboxylic acids is 1. The minimum absolute atomic E-state index is 0.0547. The van der Waals surface area contributed by atoms with Gasteiger partial charge in [0.15, 0.2) is 0 Å². The topological polar surface area (TPSA) is 46.5 Å². The van der Waals surface area contributed by atoms with Crippen LogP contribution < -0.4 is 0 Å². The molecule has 5 rings (SSSR count). The fourth-order valence-corrected chi connectivity index (χ4v) is 7.73. The van der Waals surface area contributed by atoms with Crippen molar-refractivity contribution in [3.63, 3.8) is 0 Å². The van der Waals surface area contributed by atoms with Crippen molar-refractivity contribution in [3.05, 3.63) is 29.3 Å². The van der Waals surface area contributed by atoms with Gasteiger partial charge in [-0.1, -0.05) is 45.1 Å². The number of phenolic OH excluding ortho intramolecular Hbond substituents is 1. The number of phenols is 1. The summed E-state index contributed by atoms with van der Waals surface area (Å²) < 4.78 is 6.17. The van der Waals surface area contributed by atoms with Crippen LogP contribution in [-0.4, -0.2) is 17.2 Å². The molecule has 0 aromatic heterocycles. The summed E-state index contributed by atoms with van der Waals surface area (Å²) in [6, 6.07) is 6.01. The first-order valence-corrected chi connectivity index (χ1v) is 12.6. The maximum atomic E-state index is 12.7. The molecular formula is C27H38O3. The predicted molar refractivity (Wildman–Crippen MR) is 118 cm³/mol. The first kappa shape index (κ1) is 20.4. The summed E-state index contributed by atoms with van der Waals surface area (Å²) in [5, 5.41) is 9.87. The quantitative estimate of drug-likeness (QED) is 0.575. The molecule has 164 valence electrons. The molecule has 5 atom stereocenters. The summed E-state index contributed by atoms with van der Waals surface area (Å²) in [5.74, 6) is 3.18. The van der Waals surface area contributed by atoms with Crippen LogP contribution in [-0.2, 0) is 16.0 Å². The second kappa shape index (κ2) is 8.20. The third-order valence-corrected chi connectivity index (χ3v) is 9.38. The average Bonchev–Trinajstić information content (AvgIpc) is 3.09. The number of carbonyl (C=O) groups is 1. The highest BCUT2D eigenvalue weighted by molar-refractivity contribution is 5.69. The molecular weight excluding hydrogens is 372 g/mol. The number of esters is 1. The molecule has 3 fully saturated rings. The third kappa shape index (κ3) is 3.67. The Morgan fingerprint density at radius 3 is 2.77 bits per heavy atom. The SMILES string of the molecule is CC12CCC3c4ccc(O)cc4CCC3C1CCC2OC(=O)CCC1CCCCC1. The predicted octanol–water partition coefficient (Wildman–Crippen LogP) is 6.52. The molecule has 0 saturated heterocycles. The zero-order valence-electron chi connectivity index (χ0n) is 18.6. The van der Waals surface area contributed by atoms with Gasteiger partial charge < -0.3 is 9.84 Å². The van der Waals surface area contributed by atoms with E-state index < -0.39 is 0 Å². The van der Waals surface area contributed by atoms with E-state index >= 15 is 0 Å². The lowest BCUT2D eigenvalue weighted by atomic mass is 9.55. The largest absolute Gasteiger partial charge is 0.508 e. The zero-order valence-corrected chi connectivity index (χ0v) is 18.6. The number of rotatable bonds is 4. The van der Waals surface area contributed by atoms with Gasteiger partial charge >= 0.3 is 5.97 Å². The fourth-order valence-electron chi connectivity index (χ4n) is 7.73. The van der Waals surface area contributed by atoms with Crippen molar-refractivity contribution in [3.8, 4) is 5.75 Å². The maximum Gasteiger partial charge on any atom is 0.306 e. The van der Waals surface area contributed by atoms with Gasteiger partial charge in [-0.3, -0.25) is 4.79 Å². The number of ether oxygens (including phenoxy) is 1. The molecule has 30 heavy (non-hydrogen) atoms. The Labute approximate surface area is 181 Å². The summed E-state index contributed by atoms with van der Waals surface area (Å²) in [7, 11) is 0. The highest BCUT2D eigenvalue weighted by Gasteiger charge is 2.56. The van der Waals surface area contributed by atoms with E-state index in [-0.39, 0.29) is 17.5 Å². The van der Waals surface area contributed by atoms with E-state index in [4.69, 9.17) is 4.74 Å².